The van der Waals surface area contributed by atoms with Gasteiger partial charge in [-0.1, -0.05) is 12.1 Å². The third kappa shape index (κ3) is 4.97. The molecule has 150 valence electrons. The van der Waals surface area contributed by atoms with Crippen molar-refractivity contribution in [3.8, 4) is 0 Å². The third-order valence-corrected chi connectivity index (χ3v) is 4.92. The van der Waals surface area contributed by atoms with Gasteiger partial charge in [-0.3, -0.25) is 4.98 Å². The molecule has 3 heterocycles. The van der Waals surface area contributed by atoms with Gasteiger partial charge >= 0.3 is 0 Å². The average molecular weight is 391 g/mol. The maximum absolute atomic E-state index is 5.47. The molecule has 0 unspecified atom stereocenters. The summed E-state index contributed by atoms with van der Waals surface area (Å²) in [6.07, 6.45) is 6.22. The minimum atomic E-state index is 0.485. The second kappa shape index (κ2) is 9.29. The molecule has 0 amide bonds. The maximum atomic E-state index is 5.47. The number of rotatable bonds is 7. The number of hydrogen-bond donors (Lipinski definition) is 1. The lowest BCUT2D eigenvalue weighted by Gasteiger charge is -2.30. The lowest BCUT2D eigenvalue weighted by Crippen LogP contribution is -2.36. The summed E-state index contributed by atoms with van der Waals surface area (Å²) < 4.78 is 5.47. The molecule has 1 aliphatic rings. The number of hydrogen-bond acceptors (Lipinski definition) is 8. The fraction of sp³-hybridized carbons (Fsp3) is 0.333. The molecule has 0 atom stereocenters. The van der Waals surface area contributed by atoms with Gasteiger partial charge in [-0.15, -0.1) is 5.10 Å². The van der Waals surface area contributed by atoms with Crippen molar-refractivity contribution in [1.82, 2.24) is 20.2 Å². The number of nitrogens with one attached hydrogen (secondary N) is 1. The van der Waals surface area contributed by atoms with Crippen LogP contribution in [0.15, 0.2) is 55.0 Å². The van der Waals surface area contributed by atoms with Crippen molar-refractivity contribution in [2.75, 3.05) is 55.0 Å². The summed E-state index contributed by atoms with van der Waals surface area (Å²) in [6, 6.07) is 12.2. The highest BCUT2D eigenvalue weighted by Gasteiger charge is 2.15. The normalized spacial score (nSPS) is 13.9. The van der Waals surface area contributed by atoms with Gasteiger partial charge in [-0.25, -0.2) is 0 Å². The van der Waals surface area contributed by atoms with E-state index in [-0.39, 0.29) is 0 Å². The number of aromatic nitrogens is 4. The van der Waals surface area contributed by atoms with Gasteiger partial charge in [0.2, 0.25) is 5.95 Å². The zero-order chi connectivity index (χ0) is 19.9. The molecule has 1 saturated heterocycles. The maximum Gasteiger partial charge on any atom is 0.249 e. The fourth-order valence-corrected chi connectivity index (χ4v) is 3.27. The number of para-hydroxylation sites is 2. The van der Waals surface area contributed by atoms with Crippen molar-refractivity contribution in [1.29, 1.82) is 0 Å². The van der Waals surface area contributed by atoms with Crippen LogP contribution in [0.2, 0.25) is 0 Å². The van der Waals surface area contributed by atoms with Crippen LogP contribution in [0, 0.1) is 0 Å². The molecule has 0 bridgehead atoms. The molecule has 1 N–H and O–H groups in total. The second-order valence-corrected chi connectivity index (χ2v) is 6.91. The van der Waals surface area contributed by atoms with Crippen molar-refractivity contribution in [3.63, 3.8) is 0 Å². The monoisotopic (exact) mass is 391 g/mol. The number of benzene rings is 1. The van der Waals surface area contributed by atoms with E-state index in [4.69, 9.17) is 4.74 Å². The van der Waals surface area contributed by atoms with Gasteiger partial charge in [0.1, 0.15) is 0 Å². The molecule has 3 aromatic rings. The smallest absolute Gasteiger partial charge is 0.249 e. The zero-order valence-electron chi connectivity index (χ0n) is 16.5. The largest absolute Gasteiger partial charge is 0.378 e. The Hall–Kier alpha value is -3.26. The SMILES string of the molecule is CN(CCc1ccncc1)c1cnnc(Nc2ccccc2N2CCOCC2)n1. The number of morpholine rings is 1. The van der Waals surface area contributed by atoms with Crippen LogP contribution in [0.4, 0.5) is 23.1 Å². The Morgan fingerprint density at radius 2 is 1.90 bits per heavy atom. The van der Waals surface area contributed by atoms with E-state index in [9.17, 15) is 0 Å². The topological polar surface area (TPSA) is 79.3 Å². The minimum Gasteiger partial charge on any atom is -0.378 e. The first-order valence-electron chi connectivity index (χ1n) is 9.78. The Balaban J connectivity index is 1.45. The quantitative estimate of drug-likeness (QED) is 0.658. The van der Waals surface area contributed by atoms with Crippen molar-refractivity contribution in [2.24, 2.45) is 0 Å². The molecule has 8 heteroatoms. The van der Waals surface area contributed by atoms with Crippen molar-refractivity contribution < 1.29 is 4.74 Å². The molecule has 29 heavy (non-hydrogen) atoms. The molecule has 0 spiro atoms. The zero-order valence-corrected chi connectivity index (χ0v) is 16.5. The van der Waals surface area contributed by atoms with Gasteiger partial charge in [0.25, 0.3) is 0 Å². The third-order valence-electron chi connectivity index (χ3n) is 4.92. The molecular weight excluding hydrogens is 366 g/mol. The van der Waals surface area contributed by atoms with Gasteiger partial charge < -0.3 is 19.9 Å². The lowest BCUT2D eigenvalue weighted by atomic mass is 10.2. The van der Waals surface area contributed by atoms with E-state index in [1.165, 1.54) is 5.56 Å². The van der Waals surface area contributed by atoms with Crippen molar-refractivity contribution in [2.45, 2.75) is 6.42 Å². The molecule has 8 nitrogen and oxygen atoms in total. The summed E-state index contributed by atoms with van der Waals surface area (Å²) >= 11 is 0. The van der Waals surface area contributed by atoms with Gasteiger partial charge in [0, 0.05) is 39.1 Å². The summed E-state index contributed by atoms with van der Waals surface area (Å²) in [6.45, 7) is 4.05. The summed E-state index contributed by atoms with van der Waals surface area (Å²) in [5, 5.41) is 11.6. The lowest BCUT2D eigenvalue weighted by molar-refractivity contribution is 0.123. The Morgan fingerprint density at radius 3 is 2.72 bits per heavy atom. The molecule has 0 saturated carbocycles. The van der Waals surface area contributed by atoms with Gasteiger partial charge in [0.15, 0.2) is 5.82 Å². The average Bonchev–Trinajstić information content (AvgIpc) is 2.79. The first-order chi connectivity index (χ1) is 14.3. The number of pyridine rings is 1. The van der Waals surface area contributed by atoms with E-state index in [1.807, 2.05) is 49.8 Å². The van der Waals surface area contributed by atoms with Crippen LogP contribution < -0.4 is 15.1 Å². The second-order valence-electron chi connectivity index (χ2n) is 6.91. The van der Waals surface area contributed by atoms with Gasteiger partial charge in [-0.2, -0.15) is 10.1 Å². The Kier molecular flexibility index (Phi) is 6.11. The Morgan fingerprint density at radius 1 is 1.10 bits per heavy atom. The molecule has 1 fully saturated rings. The van der Waals surface area contributed by atoms with Crippen LogP contribution in [0.3, 0.4) is 0 Å². The van der Waals surface area contributed by atoms with Crippen LogP contribution in [-0.4, -0.2) is 60.1 Å². The standard InChI is InChI=1S/C21H25N7O/c1-27(11-8-17-6-9-22-10-7-17)20-16-23-26-21(25-20)24-18-4-2-3-5-19(18)28-12-14-29-15-13-28/h2-7,9-10,16H,8,11-15H2,1H3,(H,24,25,26). The predicted molar refractivity (Wildman–Crippen MR) is 114 cm³/mol. The molecule has 4 rings (SSSR count). The van der Waals surface area contributed by atoms with Gasteiger partial charge in [0.05, 0.1) is 30.8 Å². The number of nitrogens with zero attached hydrogens (tertiary/aromatic N) is 6. The molecular formula is C21H25N7O. The molecule has 0 radical (unpaired) electrons. The summed E-state index contributed by atoms with van der Waals surface area (Å²) in [4.78, 5) is 13.1. The van der Waals surface area contributed by atoms with E-state index < -0.39 is 0 Å². The number of ether oxygens (including phenoxy) is 1. The molecule has 0 aliphatic carbocycles. The first-order valence-corrected chi connectivity index (χ1v) is 9.78. The number of likely N-dealkylation sites (N-methyl/N-ethyl adjacent to an activating group) is 1. The highest BCUT2D eigenvalue weighted by molar-refractivity contribution is 5.73. The molecule has 1 aliphatic heterocycles. The van der Waals surface area contributed by atoms with E-state index in [1.54, 1.807) is 6.20 Å². The van der Waals surface area contributed by atoms with Crippen LogP contribution in [0.25, 0.3) is 0 Å². The van der Waals surface area contributed by atoms with E-state index in [0.717, 1.165) is 56.5 Å². The first kappa shape index (κ1) is 19.1. The van der Waals surface area contributed by atoms with E-state index >= 15 is 0 Å². The van der Waals surface area contributed by atoms with Crippen molar-refractivity contribution >= 4 is 23.1 Å². The molecule has 1 aromatic carbocycles. The van der Waals surface area contributed by atoms with Gasteiger partial charge in [-0.05, 0) is 36.2 Å². The number of anilines is 4. The van der Waals surface area contributed by atoms with Crippen LogP contribution >= 0.6 is 0 Å². The molecule has 2 aromatic heterocycles. The minimum absolute atomic E-state index is 0.485. The van der Waals surface area contributed by atoms with Crippen LogP contribution in [0.5, 0.6) is 0 Å². The predicted octanol–water partition coefficient (Wildman–Crippen LogP) is 2.53. The van der Waals surface area contributed by atoms with Crippen LogP contribution in [0.1, 0.15) is 5.56 Å². The fourth-order valence-electron chi connectivity index (χ4n) is 3.27. The van der Waals surface area contributed by atoms with E-state index in [2.05, 4.69) is 41.3 Å². The van der Waals surface area contributed by atoms with E-state index in [0.29, 0.717) is 5.95 Å². The highest BCUT2D eigenvalue weighted by atomic mass is 16.5. The Bertz CT molecular complexity index is 916. The summed E-state index contributed by atoms with van der Waals surface area (Å²) in [5.41, 5.74) is 3.33. The van der Waals surface area contributed by atoms with Crippen LogP contribution in [-0.2, 0) is 11.2 Å². The van der Waals surface area contributed by atoms with Crippen molar-refractivity contribution in [3.05, 3.63) is 60.6 Å². The highest BCUT2D eigenvalue weighted by Crippen LogP contribution is 2.28. The Labute approximate surface area is 170 Å². The summed E-state index contributed by atoms with van der Waals surface area (Å²) in [7, 11) is 2.01. The summed E-state index contributed by atoms with van der Waals surface area (Å²) in [5.74, 6) is 1.26.